The molecule has 0 aliphatic heterocycles. The summed E-state index contributed by atoms with van der Waals surface area (Å²) in [4.78, 5) is 38.3. The number of hydrogen-bond donors (Lipinski definition) is 1. The molecule has 0 fully saturated rings. The molecule has 0 saturated carbocycles. The minimum absolute atomic E-state index is 0.0949. The second-order valence-electron chi connectivity index (χ2n) is 8.48. The monoisotopic (exact) mass is 547 g/mol. The first-order valence-electron chi connectivity index (χ1n) is 12.5. The van der Waals surface area contributed by atoms with Gasteiger partial charge >= 0.3 is 11.9 Å². The summed E-state index contributed by atoms with van der Waals surface area (Å²) in [6, 6.07) is 19.3. The first kappa shape index (κ1) is 27.6. The second kappa shape index (κ2) is 12.9. The van der Waals surface area contributed by atoms with Crippen LogP contribution in [0.15, 0.2) is 66.9 Å². The lowest BCUT2D eigenvalue weighted by Crippen LogP contribution is -2.16. The molecule has 0 spiro atoms. The number of carbonyl (C=O) groups is 3. The smallest absolute Gasteiger partial charge is 0.348 e. The van der Waals surface area contributed by atoms with Crippen molar-refractivity contribution in [3.63, 3.8) is 0 Å². The van der Waals surface area contributed by atoms with Gasteiger partial charge in [0.2, 0.25) is 0 Å². The fourth-order valence-electron chi connectivity index (χ4n) is 3.74. The Bertz CT molecular complexity index is 1440. The van der Waals surface area contributed by atoms with E-state index in [0.29, 0.717) is 17.7 Å². The van der Waals surface area contributed by atoms with Crippen LogP contribution in [0.1, 0.15) is 56.3 Å². The zero-order valence-electron chi connectivity index (χ0n) is 21.9. The second-order valence-corrected chi connectivity index (χ2v) is 9.50. The van der Waals surface area contributed by atoms with Crippen molar-refractivity contribution in [2.24, 2.45) is 0 Å². The van der Waals surface area contributed by atoms with Crippen molar-refractivity contribution in [2.75, 3.05) is 18.5 Å². The first-order valence-corrected chi connectivity index (χ1v) is 13.3. The van der Waals surface area contributed by atoms with Crippen LogP contribution in [0, 0.1) is 6.92 Å². The zero-order chi connectivity index (χ0) is 27.8. The lowest BCUT2D eigenvalue weighted by atomic mass is 10.1. The van der Waals surface area contributed by atoms with Gasteiger partial charge in [0.15, 0.2) is 12.4 Å². The summed E-state index contributed by atoms with van der Waals surface area (Å²) in [5.41, 5.74) is 2.84. The van der Waals surface area contributed by atoms with Crippen LogP contribution in [0.4, 0.5) is 5.00 Å². The van der Waals surface area contributed by atoms with Gasteiger partial charge in [-0.3, -0.25) is 4.79 Å². The summed E-state index contributed by atoms with van der Waals surface area (Å²) < 4.78 is 17.7. The van der Waals surface area contributed by atoms with E-state index in [-0.39, 0.29) is 41.1 Å². The Hall–Kier alpha value is -4.44. The standard InChI is InChI=1S/C29H29N3O6S/c1-4-17-37-28(34)24-19(3)25(29(35)36-5-2)39-27(24)30-26(33)23-15-16-32(31-23)18-38-22-13-11-21(12-14-22)20-9-7-6-8-10-20/h6-16H,4-5,17-18H2,1-3H3,(H,30,33). The van der Waals surface area contributed by atoms with E-state index in [2.05, 4.69) is 10.4 Å². The van der Waals surface area contributed by atoms with Gasteiger partial charge in [-0.15, -0.1) is 11.3 Å². The average molecular weight is 548 g/mol. The SMILES string of the molecule is CCCOC(=O)c1c(NC(=O)c2ccn(COc3ccc(-c4ccccc4)cc3)n2)sc(C(=O)OCC)c1C. The largest absolute Gasteiger partial charge is 0.471 e. The number of nitrogens with one attached hydrogen (secondary N) is 1. The van der Waals surface area contributed by atoms with E-state index in [9.17, 15) is 14.4 Å². The summed E-state index contributed by atoms with van der Waals surface area (Å²) in [7, 11) is 0. The number of amides is 1. The summed E-state index contributed by atoms with van der Waals surface area (Å²) >= 11 is 0.966. The Morgan fingerprint density at radius 3 is 2.33 bits per heavy atom. The molecule has 10 heteroatoms. The number of esters is 2. The van der Waals surface area contributed by atoms with E-state index < -0.39 is 17.8 Å². The van der Waals surface area contributed by atoms with Crippen LogP contribution in [0.3, 0.4) is 0 Å². The highest BCUT2D eigenvalue weighted by atomic mass is 32.1. The predicted molar refractivity (Wildman–Crippen MR) is 148 cm³/mol. The Labute approximate surface area is 230 Å². The number of rotatable bonds is 11. The Kier molecular flexibility index (Phi) is 9.11. The van der Waals surface area contributed by atoms with Crippen LogP contribution in [-0.2, 0) is 16.2 Å². The van der Waals surface area contributed by atoms with E-state index in [1.165, 1.54) is 4.68 Å². The minimum atomic E-state index is -0.617. The highest BCUT2D eigenvalue weighted by Gasteiger charge is 2.28. The van der Waals surface area contributed by atoms with E-state index in [4.69, 9.17) is 14.2 Å². The summed E-state index contributed by atoms with van der Waals surface area (Å²) in [6.07, 6.45) is 2.26. The molecule has 9 nitrogen and oxygen atoms in total. The van der Waals surface area contributed by atoms with Crippen molar-refractivity contribution in [1.29, 1.82) is 0 Å². The Morgan fingerprint density at radius 2 is 1.64 bits per heavy atom. The van der Waals surface area contributed by atoms with Gasteiger partial charge in [-0.05, 0) is 55.2 Å². The molecule has 2 heterocycles. The van der Waals surface area contributed by atoms with Gasteiger partial charge in [0.25, 0.3) is 5.91 Å². The molecule has 39 heavy (non-hydrogen) atoms. The molecule has 1 N–H and O–H groups in total. The fourth-order valence-corrected chi connectivity index (χ4v) is 4.83. The number of carbonyl (C=O) groups excluding carboxylic acids is 3. The third-order valence-electron chi connectivity index (χ3n) is 5.67. The molecule has 0 aliphatic carbocycles. The number of thiophene rings is 1. The van der Waals surface area contributed by atoms with Crippen molar-refractivity contribution in [3.05, 3.63) is 88.6 Å². The van der Waals surface area contributed by atoms with Crippen LogP contribution < -0.4 is 10.1 Å². The quantitative estimate of drug-likeness (QED) is 0.231. The molecule has 0 bridgehead atoms. The van der Waals surface area contributed by atoms with Gasteiger partial charge in [-0.1, -0.05) is 49.4 Å². The molecule has 2 aromatic heterocycles. The molecule has 2 aromatic carbocycles. The number of anilines is 1. The van der Waals surface area contributed by atoms with Gasteiger partial charge in [0.1, 0.15) is 15.6 Å². The van der Waals surface area contributed by atoms with Crippen LogP contribution >= 0.6 is 11.3 Å². The van der Waals surface area contributed by atoms with Gasteiger partial charge in [-0.25, -0.2) is 14.3 Å². The molecule has 4 aromatic rings. The van der Waals surface area contributed by atoms with Crippen molar-refractivity contribution < 1.29 is 28.6 Å². The maximum atomic E-state index is 13.0. The number of benzene rings is 2. The van der Waals surface area contributed by atoms with Gasteiger partial charge < -0.3 is 19.5 Å². The average Bonchev–Trinajstić information content (AvgIpc) is 3.56. The van der Waals surface area contributed by atoms with Crippen molar-refractivity contribution in [2.45, 2.75) is 33.9 Å². The van der Waals surface area contributed by atoms with E-state index in [1.54, 1.807) is 26.1 Å². The highest BCUT2D eigenvalue weighted by molar-refractivity contribution is 7.18. The third-order valence-corrected chi connectivity index (χ3v) is 6.86. The van der Waals surface area contributed by atoms with Gasteiger partial charge in [-0.2, -0.15) is 5.10 Å². The minimum Gasteiger partial charge on any atom is -0.471 e. The lowest BCUT2D eigenvalue weighted by Gasteiger charge is -2.08. The molecule has 202 valence electrons. The number of ether oxygens (including phenoxy) is 3. The molecule has 0 unspecified atom stereocenters. The molecule has 0 saturated heterocycles. The topological polar surface area (TPSA) is 109 Å². The molecule has 0 atom stereocenters. The molecular weight excluding hydrogens is 518 g/mol. The molecule has 4 rings (SSSR count). The molecule has 1 amide bonds. The molecule has 0 aliphatic rings. The molecular formula is C29H29N3O6S. The lowest BCUT2D eigenvalue weighted by molar-refractivity contribution is 0.0506. The third kappa shape index (κ3) is 6.71. The predicted octanol–water partition coefficient (Wildman–Crippen LogP) is 5.95. The van der Waals surface area contributed by atoms with Crippen molar-refractivity contribution >= 4 is 34.2 Å². The first-order chi connectivity index (χ1) is 18.9. The zero-order valence-corrected chi connectivity index (χ0v) is 22.7. The van der Waals surface area contributed by atoms with Crippen LogP contribution in [0.5, 0.6) is 5.75 Å². The number of hydrogen-bond acceptors (Lipinski definition) is 8. The van der Waals surface area contributed by atoms with Gasteiger partial charge in [0, 0.05) is 6.20 Å². The molecule has 0 radical (unpaired) electrons. The van der Waals surface area contributed by atoms with Crippen LogP contribution in [0.2, 0.25) is 0 Å². The van der Waals surface area contributed by atoms with E-state index >= 15 is 0 Å². The maximum Gasteiger partial charge on any atom is 0.348 e. The summed E-state index contributed by atoms with van der Waals surface area (Å²) in [5, 5.41) is 7.19. The fraction of sp³-hybridized carbons (Fsp3) is 0.241. The van der Waals surface area contributed by atoms with Crippen molar-refractivity contribution in [1.82, 2.24) is 9.78 Å². The Balaban J connectivity index is 1.44. The number of nitrogens with zero attached hydrogens (tertiary/aromatic N) is 2. The van der Waals surface area contributed by atoms with Crippen LogP contribution in [0.25, 0.3) is 11.1 Å². The van der Waals surface area contributed by atoms with Crippen molar-refractivity contribution in [3.8, 4) is 16.9 Å². The number of aromatic nitrogens is 2. The van der Waals surface area contributed by atoms with Gasteiger partial charge in [0.05, 0.1) is 18.8 Å². The normalized spacial score (nSPS) is 10.6. The Morgan fingerprint density at radius 1 is 0.923 bits per heavy atom. The van der Waals surface area contributed by atoms with Crippen LogP contribution in [-0.4, -0.2) is 40.8 Å². The highest BCUT2D eigenvalue weighted by Crippen LogP contribution is 2.34. The maximum absolute atomic E-state index is 13.0. The summed E-state index contributed by atoms with van der Waals surface area (Å²) in [5.74, 6) is -1.06. The summed E-state index contributed by atoms with van der Waals surface area (Å²) in [6.45, 7) is 5.69. The van der Waals surface area contributed by atoms with E-state index in [1.807, 2.05) is 61.5 Å². The van der Waals surface area contributed by atoms with E-state index in [0.717, 1.165) is 22.5 Å².